The van der Waals surface area contributed by atoms with Crippen molar-refractivity contribution in [1.82, 2.24) is 4.90 Å². The Balaban J connectivity index is 2.97. The van der Waals surface area contributed by atoms with Crippen molar-refractivity contribution in [2.75, 3.05) is 12.8 Å². The van der Waals surface area contributed by atoms with Crippen molar-refractivity contribution in [3.63, 3.8) is 0 Å². The first kappa shape index (κ1) is 11.9. The molecule has 0 unspecified atom stereocenters. The molecular weight excluding hydrogens is 212 g/mol. The maximum atomic E-state index is 11.9. The number of carbonyl (C=O) groups is 1. The largest absolute Gasteiger partial charge is 0.398 e. The molecule has 0 spiro atoms. The fourth-order valence-corrected chi connectivity index (χ4v) is 1.23. The van der Waals surface area contributed by atoms with E-state index in [1.54, 1.807) is 30.1 Å². The SMILES string of the molecule is CC(C)N(C)C(=O)c1ccc(Cl)c(N)c1. The Morgan fingerprint density at radius 3 is 2.53 bits per heavy atom. The number of nitrogens with zero attached hydrogens (tertiary/aromatic N) is 1. The number of nitrogen functional groups attached to an aromatic ring is 1. The summed E-state index contributed by atoms with van der Waals surface area (Å²) in [4.78, 5) is 13.5. The average Bonchev–Trinajstić information content (AvgIpc) is 2.19. The fraction of sp³-hybridized carbons (Fsp3) is 0.364. The van der Waals surface area contributed by atoms with Gasteiger partial charge in [0.1, 0.15) is 0 Å². The molecule has 1 aromatic carbocycles. The lowest BCUT2D eigenvalue weighted by molar-refractivity contribution is 0.0755. The summed E-state index contributed by atoms with van der Waals surface area (Å²) in [6.45, 7) is 3.91. The molecule has 0 saturated heterocycles. The zero-order valence-corrected chi connectivity index (χ0v) is 9.88. The minimum absolute atomic E-state index is 0.0478. The number of anilines is 1. The van der Waals surface area contributed by atoms with E-state index in [9.17, 15) is 4.79 Å². The summed E-state index contributed by atoms with van der Waals surface area (Å²) in [5.41, 5.74) is 6.63. The summed E-state index contributed by atoms with van der Waals surface area (Å²) in [6, 6.07) is 5.08. The highest BCUT2D eigenvalue weighted by atomic mass is 35.5. The second-order valence-electron chi connectivity index (χ2n) is 3.75. The molecule has 4 heteroatoms. The summed E-state index contributed by atoms with van der Waals surface area (Å²) < 4.78 is 0. The quantitative estimate of drug-likeness (QED) is 0.788. The van der Waals surface area contributed by atoms with Gasteiger partial charge >= 0.3 is 0 Å². The van der Waals surface area contributed by atoms with E-state index in [0.717, 1.165) is 0 Å². The summed E-state index contributed by atoms with van der Waals surface area (Å²) in [5.74, 6) is -0.0478. The van der Waals surface area contributed by atoms with Crippen LogP contribution in [0, 0.1) is 0 Å². The van der Waals surface area contributed by atoms with Gasteiger partial charge in [-0.05, 0) is 32.0 Å². The molecule has 2 N–H and O–H groups in total. The van der Waals surface area contributed by atoms with E-state index >= 15 is 0 Å². The summed E-state index contributed by atoms with van der Waals surface area (Å²) in [6.07, 6.45) is 0. The Labute approximate surface area is 94.8 Å². The average molecular weight is 227 g/mol. The predicted molar refractivity (Wildman–Crippen MR) is 63.1 cm³/mol. The molecule has 0 aromatic heterocycles. The van der Waals surface area contributed by atoms with Crippen molar-refractivity contribution in [1.29, 1.82) is 0 Å². The standard InChI is InChI=1S/C11H15ClN2O/c1-7(2)14(3)11(15)8-4-5-9(12)10(13)6-8/h4-7H,13H2,1-3H3. The molecule has 0 aliphatic rings. The molecule has 0 saturated carbocycles. The number of carbonyl (C=O) groups excluding carboxylic acids is 1. The Kier molecular flexibility index (Phi) is 3.58. The monoisotopic (exact) mass is 226 g/mol. The molecule has 0 bridgehead atoms. The molecule has 1 amide bonds. The summed E-state index contributed by atoms with van der Waals surface area (Å²) in [7, 11) is 1.76. The van der Waals surface area contributed by atoms with Gasteiger partial charge in [0.25, 0.3) is 5.91 Å². The molecule has 0 aliphatic heterocycles. The van der Waals surface area contributed by atoms with Gasteiger partial charge in [0.15, 0.2) is 0 Å². The number of benzene rings is 1. The minimum atomic E-state index is -0.0478. The number of hydrogen-bond donors (Lipinski definition) is 1. The molecule has 1 aromatic rings. The molecule has 3 nitrogen and oxygen atoms in total. The van der Waals surface area contributed by atoms with Crippen LogP contribution in [-0.2, 0) is 0 Å². The van der Waals surface area contributed by atoms with Gasteiger partial charge in [0.05, 0.1) is 10.7 Å². The van der Waals surface area contributed by atoms with Crippen LogP contribution in [0.25, 0.3) is 0 Å². The van der Waals surface area contributed by atoms with Crippen LogP contribution in [0.5, 0.6) is 0 Å². The Hall–Kier alpha value is -1.22. The van der Waals surface area contributed by atoms with Gasteiger partial charge in [-0.15, -0.1) is 0 Å². The van der Waals surface area contributed by atoms with E-state index < -0.39 is 0 Å². The zero-order chi connectivity index (χ0) is 11.6. The van der Waals surface area contributed by atoms with Crippen LogP contribution in [0.3, 0.4) is 0 Å². The Morgan fingerprint density at radius 1 is 1.47 bits per heavy atom. The molecule has 0 heterocycles. The topological polar surface area (TPSA) is 46.3 Å². The van der Waals surface area contributed by atoms with Crippen molar-refractivity contribution >= 4 is 23.2 Å². The number of halogens is 1. The van der Waals surface area contributed by atoms with Crippen molar-refractivity contribution in [3.8, 4) is 0 Å². The van der Waals surface area contributed by atoms with Crippen LogP contribution in [-0.4, -0.2) is 23.9 Å². The Bertz CT molecular complexity index is 377. The maximum absolute atomic E-state index is 11.9. The second-order valence-corrected chi connectivity index (χ2v) is 4.15. The highest BCUT2D eigenvalue weighted by Crippen LogP contribution is 2.20. The smallest absolute Gasteiger partial charge is 0.253 e. The number of rotatable bonds is 2. The van der Waals surface area contributed by atoms with E-state index in [2.05, 4.69) is 0 Å². The predicted octanol–water partition coefficient (Wildman–Crippen LogP) is 2.40. The first-order chi connectivity index (χ1) is 6.93. The van der Waals surface area contributed by atoms with Gasteiger partial charge in [-0.25, -0.2) is 0 Å². The number of nitrogens with two attached hydrogens (primary N) is 1. The normalized spacial score (nSPS) is 10.5. The summed E-state index contributed by atoms with van der Waals surface area (Å²) in [5, 5.41) is 0.471. The van der Waals surface area contributed by atoms with E-state index in [1.807, 2.05) is 13.8 Å². The second kappa shape index (κ2) is 4.53. The highest BCUT2D eigenvalue weighted by Gasteiger charge is 2.14. The van der Waals surface area contributed by atoms with E-state index in [0.29, 0.717) is 16.3 Å². The minimum Gasteiger partial charge on any atom is -0.398 e. The maximum Gasteiger partial charge on any atom is 0.253 e. The van der Waals surface area contributed by atoms with Gasteiger partial charge in [0.2, 0.25) is 0 Å². The lowest BCUT2D eigenvalue weighted by Crippen LogP contribution is -2.32. The highest BCUT2D eigenvalue weighted by molar-refractivity contribution is 6.33. The molecule has 1 rings (SSSR count). The molecule has 0 radical (unpaired) electrons. The molecule has 0 fully saturated rings. The van der Waals surface area contributed by atoms with Crippen molar-refractivity contribution in [2.24, 2.45) is 0 Å². The van der Waals surface area contributed by atoms with Gasteiger partial charge < -0.3 is 10.6 Å². The van der Waals surface area contributed by atoms with Crippen LogP contribution < -0.4 is 5.73 Å². The van der Waals surface area contributed by atoms with E-state index in [1.165, 1.54) is 0 Å². The van der Waals surface area contributed by atoms with Gasteiger partial charge in [-0.1, -0.05) is 11.6 Å². The van der Waals surface area contributed by atoms with Crippen LogP contribution in [0.2, 0.25) is 5.02 Å². The van der Waals surface area contributed by atoms with Crippen LogP contribution in [0.15, 0.2) is 18.2 Å². The molecule has 0 aliphatic carbocycles. The lowest BCUT2D eigenvalue weighted by Gasteiger charge is -2.21. The van der Waals surface area contributed by atoms with Crippen molar-refractivity contribution in [3.05, 3.63) is 28.8 Å². The molecular formula is C11H15ClN2O. The van der Waals surface area contributed by atoms with Gasteiger partial charge in [-0.2, -0.15) is 0 Å². The first-order valence-electron chi connectivity index (χ1n) is 4.75. The third-order valence-electron chi connectivity index (χ3n) is 2.34. The molecule has 82 valence electrons. The van der Waals surface area contributed by atoms with Gasteiger partial charge in [-0.3, -0.25) is 4.79 Å². The number of amides is 1. The van der Waals surface area contributed by atoms with Crippen molar-refractivity contribution < 1.29 is 4.79 Å². The van der Waals surface area contributed by atoms with Crippen LogP contribution in [0.4, 0.5) is 5.69 Å². The van der Waals surface area contributed by atoms with E-state index in [4.69, 9.17) is 17.3 Å². The van der Waals surface area contributed by atoms with Crippen LogP contribution in [0.1, 0.15) is 24.2 Å². The third-order valence-corrected chi connectivity index (χ3v) is 2.68. The van der Waals surface area contributed by atoms with Crippen LogP contribution >= 0.6 is 11.6 Å². The third kappa shape index (κ3) is 2.63. The lowest BCUT2D eigenvalue weighted by atomic mass is 10.1. The summed E-state index contributed by atoms with van der Waals surface area (Å²) >= 11 is 5.78. The zero-order valence-electron chi connectivity index (χ0n) is 9.12. The first-order valence-corrected chi connectivity index (χ1v) is 5.13. The molecule has 15 heavy (non-hydrogen) atoms. The molecule has 0 atom stereocenters. The van der Waals surface area contributed by atoms with Crippen molar-refractivity contribution in [2.45, 2.75) is 19.9 Å². The van der Waals surface area contributed by atoms with E-state index in [-0.39, 0.29) is 11.9 Å². The number of hydrogen-bond acceptors (Lipinski definition) is 2. The Morgan fingerprint density at radius 2 is 2.07 bits per heavy atom. The van der Waals surface area contributed by atoms with Gasteiger partial charge in [0, 0.05) is 18.7 Å². The fourth-order valence-electron chi connectivity index (χ4n) is 1.11.